The normalized spacial score (nSPS) is 14.7. The minimum absolute atomic E-state index is 0.196. The molecule has 1 saturated heterocycles. The van der Waals surface area contributed by atoms with Gasteiger partial charge in [-0.2, -0.15) is 17.5 Å². The molecule has 0 aliphatic carbocycles. The first kappa shape index (κ1) is 28.8. The third kappa shape index (κ3) is 5.85. The van der Waals surface area contributed by atoms with E-state index in [4.69, 9.17) is 4.98 Å². The zero-order chi connectivity index (χ0) is 30.2. The zero-order valence-electron chi connectivity index (χ0n) is 23.4. The van der Waals surface area contributed by atoms with E-state index in [9.17, 15) is 21.6 Å². The molecule has 5 aromatic rings. The van der Waals surface area contributed by atoms with Gasteiger partial charge in [-0.15, -0.1) is 0 Å². The van der Waals surface area contributed by atoms with Crippen molar-refractivity contribution in [3.05, 3.63) is 119 Å². The molecular formula is C33H29F3N4O2S. The van der Waals surface area contributed by atoms with Gasteiger partial charge in [0.05, 0.1) is 10.5 Å². The number of benzene rings is 4. The molecule has 0 N–H and O–H groups in total. The van der Waals surface area contributed by atoms with E-state index < -0.39 is 21.8 Å². The Labute approximate surface area is 248 Å². The van der Waals surface area contributed by atoms with Crippen molar-refractivity contribution in [3.8, 4) is 11.4 Å². The van der Waals surface area contributed by atoms with Gasteiger partial charge in [-0.1, -0.05) is 78.9 Å². The maximum atomic E-state index is 13.7. The van der Waals surface area contributed by atoms with Crippen LogP contribution in [0, 0.1) is 6.92 Å². The Bertz CT molecular complexity index is 1880. The third-order valence-corrected chi connectivity index (χ3v) is 9.73. The highest BCUT2D eigenvalue weighted by atomic mass is 32.2. The summed E-state index contributed by atoms with van der Waals surface area (Å²) in [5, 5.41) is 1.53. The fourth-order valence-corrected chi connectivity index (χ4v) is 7.15. The number of halogens is 3. The Balaban J connectivity index is 1.34. The van der Waals surface area contributed by atoms with Crippen LogP contribution in [-0.4, -0.2) is 48.9 Å². The average Bonchev–Trinajstić information content (AvgIpc) is 3.02. The Morgan fingerprint density at radius 3 is 2.21 bits per heavy atom. The molecule has 0 saturated carbocycles. The number of nitrogens with zero attached hydrogens (tertiary/aromatic N) is 4. The van der Waals surface area contributed by atoms with Gasteiger partial charge in [-0.05, 0) is 36.1 Å². The van der Waals surface area contributed by atoms with Crippen LogP contribution in [0.2, 0.25) is 0 Å². The fraction of sp³-hybridized carbons (Fsp3) is 0.212. The van der Waals surface area contributed by atoms with Crippen molar-refractivity contribution in [1.82, 2.24) is 14.3 Å². The van der Waals surface area contributed by atoms with E-state index in [0.717, 1.165) is 28.6 Å². The first-order chi connectivity index (χ1) is 20.6. The molecule has 0 spiro atoms. The van der Waals surface area contributed by atoms with Gasteiger partial charge in [0.25, 0.3) is 0 Å². The predicted octanol–water partition coefficient (Wildman–Crippen LogP) is 6.73. The van der Waals surface area contributed by atoms with Crippen LogP contribution in [-0.2, 0) is 22.6 Å². The number of rotatable bonds is 6. The van der Waals surface area contributed by atoms with Gasteiger partial charge in [0.1, 0.15) is 5.82 Å². The molecule has 6 nitrogen and oxygen atoms in total. The summed E-state index contributed by atoms with van der Waals surface area (Å²) in [6.45, 7) is 3.03. The van der Waals surface area contributed by atoms with Gasteiger partial charge >= 0.3 is 6.18 Å². The molecule has 1 aromatic heterocycles. The number of hydrogen-bond acceptors (Lipinski definition) is 5. The Hall–Kier alpha value is -4.28. The second-order valence-electron chi connectivity index (χ2n) is 10.5. The molecule has 0 unspecified atom stereocenters. The van der Waals surface area contributed by atoms with E-state index in [1.807, 2.05) is 72.5 Å². The minimum atomic E-state index is -4.49. The highest BCUT2D eigenvalue weighted by Crippen LogP contribution is 2.34. The lowest BCUT2D eigenvalue weighted by molar-refractivity contribution is -0.137. The molecule has 0 bridgehead atoms. The Morgan fingerprint density at radius 2 is 1.47 bits per heavy atom. The number of alkyl halides is 3. The molecule has 43 heavy (non-hydrogen) atoms. The van der Waals surface area contributed by atoms with Gasteiger partial charge in [-0.25, -0.2) is 18.4 Å². The minimum Gasteiger partial charge on any atom is -0.354 e. The van der Waals surface area contributed by atoms with Crippen molar-refractivity contribution >= 4 is 26.6 Å². The van der Waals surface area contributed by atoms with Gasteiger partial charge in [-0.3, -0.25) is 0 Å². The predicted molar refractivity (Wildman–Crippen MR) is 161 cm³/mol. The largest absolute Gasteiger partial charge is 0.416 e. The summed E-state index contributed by atoms with van der Waals surface area (Å²) in [7, 11) is -3.76. The maximum absolute atomic E-state index is 13.7. The summed E-state index contributed by atoms with van der Waals surface area (Å²) >= 11 is 0. The number of piperazine rings is 1. The first-order valence-electron chi connectivity index (χ1n) is 13.9. The van der Waals surface area contributed by atoms with Gasteiger partial charge in [0, 0.05) is 54.8 Å². The molecule has 1 fully saturated rings. The van der Waals surface area contributed by atoms with Crippen LogP contribution >= 0.6 is 0 Å². The molecular weight excluding hydrogens is 573 g/mol. The summed E-state index contributed by atoms with van der Waals surface area (Å²) in [5.41, 5.74) is 2.05. The second kappa shape index (κ2) is 11.4. The lowest BCUT2D eigenvalue weighted by Gasteiger charge is -2.36. The highest BCUT2D eigenvalue weighted by molar-refractivity contribution is 7.89. The van der Waals surface area contributed by atoms with E-state index in [2.05, 4.69) is 4.98 Å². The molecule has 2 heterocycles. The summed E-state index contributed by atoms with van der Waals surface area (Å²) < 4.78 is 69.4. The van der Waals surface area contributed by atoms with E-state index in [-0.39, 0.29) is 29.4 Å². The van der Waals surface area contributed by atoms with Crippen LogP contribution in [0.15, 0.2) is 102 Å². The van der Waals surface area contributed by atoms with E-state index in [0.29, 0.717) is 36.4 Å². The average molecular weight is 603 g/mol. The van der Waals surface area contributed by atoms with Crippen molar-refractivity contribution in [3.63, 3.8) is 0 Å². The standard InChI is InChI=1S/C33H29F3N4O2S/c1-23-29(21-24-9-3-2-4-10-24)32(38-31(37-23)26-13-7-14-27(22-26)33(34,35)36)39-17-19-40(20-18-39)43(41,42)30-16-8-12-25-11-5-6-15-28(25)30/h2-16,22H,17-21H2,1H3. The van der Waals surface area contributed by atoms with E-state index >= 15 is 0 Å². The lowest BCUT2D eigenvalue weighted by Crippen LogP contribution is -2.49. The Morgan fingerprint density at radius 1 is 0.791 bits per heavy atom. The number of sulfonamides is 1. The number of aryl methyl sites for hydroxylation is 1. The smallest absolute Gasteiger partial charge is 0.354 e. The van der Waals surface area contributed by atoms with Gasteiger partial charge < -0.3 is 4.90 Å². The topological polar surface area (TPSA) is 66.4 Å². The van der Waals surface area contributed by atoms with Gasteiger partial charge in [0.2, 0.25) is 10.0 Å². The molecule has 0 amide bonds. The molecule has 220 valence electrons. The van der Waals surface area contributed by atoms with Crippen molar-refractivity contribution in [2.75, 3.05) is 31.1 Å². The molecule has 1 aliphatic heterocycles. The van der Waals surface area contributed by atoms with Crippen LogP contribution in [0.5, 0.6) is 0 Å². The van der Waals surface area contributed by atoms with Crippen LogP contribution in [0.1, 0.15) is 22.4 Å². The monoisotopic (exact) mass is 602 g/mol. The van der Waals surface area contributed by atoms with Crippen LogP contribution in [0.4, 0.5) is 19.0 Å². The van der Waals surface area contributed by atoms with Crippen LogP contribution in [0.3, 0.4) is 0 Å². The fourth-order valence-electron chi connectivity index (χ4n) is 5.51. The molecule has 0 radical (unpaired) electrons. The zero-order valence-corrected chi connectivity index (χ0v) is 24.2. The lowest BCUT2D eigenvalue weighted by atomic mass is 10.0. The maximum Gasteiger partial charge on any atom is 0.416 e. The summed E-state index contributed by atoms with van der Waals surface area (Å²) in [4.78, 5) is 11.7. The van der Waals surface area contributed by atoms with Crippen molar-refractivity contribution < 1.29 is 21.6 Å². The molecule has 10 heteroatoms. The van der Waals surface area contributed by atoms with E-state index in [1.54, 1.807) is 18.2 Å². The summed E-state index contributed by atoms with van der Waals surface area (Å²) in [6.07, 6.45) is -3.97. The first-order valence-corrected chi connectivity index (χ1v) is 15.4. The summed E-state index contributed by atoms with van der Waals surface area (Å²) in [5.74, 6) is 0.798. The number of anilines is 1. The Kier molecular flexibility index (Phi) is 7.66. The summed E-state index contributed by atoms with van der Waals surface area (Å²) in [6, 6.07) is 27.5. The molecule has 6 rings (SSSR count). The van der Waals surface area contributed by atoms with Crippen molar-refractivity contribution in [1.29, 1.82) is 0 Å². The number of aromatic nitrogens is 2. The molecule has 0 atom stereocenters. The number of fused-ring (bicyclic) bond motifs is 1. The quantitative estimate of drug-likeness (QED) is 0.216. The highest BCUT2D eigenvalue weighted by Gasteiger charge is 2.33. The van der Waals surface area contributed by atoms with Crippen molar-refractivity contribution in [2.24, 2.45) is 0 Å². The SMILES string of the molecule is Cc1nc(-c2cccc(C(F)(F)F)c2)nc(N2CCN(S(=O)(=O)c3cccc4ccccc34)CC2)c1Cc1ccccc1. The molecule has 4 aromatic carbocycles. The van der Waals surface area contributed by atoms with E-state index in [1.165, 1.54) is 10.4 Å². The van der Waals surface area contributed by atoms with Crippen LogP contribution < -0.4 is 4.90 Å². The number of hydrogen-bond donors (Lipinski definition) is 0. The van der Waals surface area contributed by atoms with Gasteiger partial charge in [0.15, 0.2) is 5.82 Å². The van der Waals surface area contributed by atoms with Crippen molar-refractivity contribution in [2.45, 2.75) is 24.4 Å². The third-order valence-electron chi connectivity index (χ3n) is 7.77. The second-order valence-corrected chi connectivity index (χ2v) is 12.5. The molecule has 1 aliphatic rings. The van der Waals surface area contributed by atoms with Crippen LogP contribution in [0.25, 0.3) is 22.2 Å².